The van der Waals surface area contributed by atoms with E-state index >= 15 is 0 Å². The van der Waals surface area contributed by atoms with E-state index in [1.807, 2.05) is 33.8 Å². The van der Waals surface area contributed by atoms with Gasteiger partial charge in [0.05, 0.1) is 18.2 Å². The fraction of sp³-hybridized carbons (Fsp3) is 0.583. The second kappa shape index (κ2) is 4.48. The molecule has 0 aliphatic carbocycles. The fourth-order valence-corrected chi connectivity index (χ4v) is 1.39. The molecular weight excluding hydrogens is 202 g/mol. The van der Waals surface area contributed by atoms with Crippen molar-refractivity contribution in [1.82, 2.24) is 9.78 Å². The van der Waals surface area contributed by atoms with Gasteiger partial charge in [-0.3, -0.25) is 4.79 Å². The maximum absolute atomic E-state index is 11.8. The summed E-state index contributed by atoms with van der Waals surface area (Å²) in [7, 11) is 0. The van der Waals surface area contributed by atoms with E-state index in [0.717, 1.165) is 5.69 Å². The lowest BCUT2D eigenvalue weighted by Crippen LogP contribution is -2.29. The topological polar surface area (TPSA) is 58.7 Å². The minimum absolute atomic E-state index is 0.116. The van der Waals surface area contributed by atoms with Crippen LogP contribution in [-0.2, 0) is 18.4 Å². The van der Waals surface area contributed by atoms with Crippen molar-refractivity contribution in [3.63, 3.8) is 0 Å². The summed E-state index contributed by atoms with van der Waals surface area (Å²) in [6, 6.07) is 3.76. The lowest BCUT2D eigenvalue weighted by Gasteiger charge is -2.19. The largest absolute Gasteiger partial charge is 0.271 e. The molecule has 0 atom stereocenters. The number of nitrogens with zero attached hydrogens (tertiary/aromatic N) is 3. The zero-order chi connectivity index (χ0) is 12.3. The van der Waals surface area contributed by atoms with Crippen molar-refractivity contribution in [1.29, 1.82) is 5.26 Å². The summed E-state index contributed by atoms with van der Waals surface area (Å²) in [6.07, 6.45) is 0.143. The summed E-state index contributed by atoms with van der Waals surface area (Å²) in [5.74, 6) is 0. The summed E-state index contributed by atoms with van der Waals surface area (Å²) in [5.41, 5.74) is 1.11. The smallest absolute Gasteiger partial charge is 0.267 e. The van der Waals surface area contributed by atoms with Crippen LogP contribution < -0.4 is 5.56 Å². The van der Waals surface area contributed by atoms with Crippen molar-refractivity contribution >= 4 is 0 Å². The first-order valence-electron chi connectivity index (χ1n) is 5.38. The molecule has 0 aliphatic rings. The zero-order valence-electron chi connectivity index (χ0n) is 10.2. The van der Waals surface area contributed by atoms with Gasteiger partial charge in [-0.1, -0.05) is 20.8 Å². The molecule has 4 nitrogen and oxygen atoms in total. The Bertz CT molecular complexity index is 475. The van der Waals surface area contributed by atoms with Crippen LogP contribution >= 0.6 is 0 Å². The molecule has 1 heterocycles. The number of hydrogen-bond donors (Lipinski definition) is 0. The summed E-state index contributed by atoms with van der Waals surface area (Å²) in [5, 5.41) is 13.0. The van der Waals surface area contributed by atoms with Gasteiger partial charge in [0.2, 0.25) is 0 Å². The molecule has 0 spiro atoms. The molecule has 1 aromatic rings. The van der Waals surface area contributed by atoms with Crippen LogP contribution in [0.3, 0.4) is 0 Å². The Morgan fingerprint density at radius 3 is 2.56 bits per heavy atom. The maximum Gasteiger partial charge on any atom is 0.271 e. The number of rotatable bonds is 2. The fourth-order valence-electron chi connectivity index (χ4n) is 1.39. The van der Waals surface area contributed by atoms with Crippen LogP contribution in [0.5, 0.6) is 0 Å². The maximum atomic E-state index is 11.8. The van der Waals surface area contributed by atoms with Gasteiger partial charge in [0, 0.05) is 17.5 Å². The Morgan fingerprint density at radius 2 is 2.12 bits per heavy atom. The molecule has 0 saturated carbocycles. The first kappa shape index (κ1) is 12.4. The van der Waals surface area contributed by atoms with E-state index in [2.05, 4.69) is 5.10 Å². The molecule has 0 aliphatic heterocycles. The number of hydrogen-bond acceptors (Lipinski definition) is 3. The van der Waals surface area contributed by atoms with E-state index in [4.69, 9.17) is 5.26 Å². The highest BCUT2D eigenvalue weighted by Gasteiger charge is 2.18. The molecule has 0 unspecified atom stereocenters. The molecule has 16 heavy (non-hydrogen) atoms. The standard InChI is InChI=1S/C12H17N3O/c1-5-15-11(16)9(6-7-13)8-10(14-15)12(2,3)4/h8H,5-6H2,1-4H3. The number of aromatic nitrogens is 2. The second-order valence-electron chi connectivity index (χ2n) is 4.76. The van der Waals surface area contributed by atoms with Crippen molar-refractivity contribution in [2.24, 2.45) is 0 Å². The highest BCUT2D eigenvalue weighted by atomic mass is 16.1. The van der Waals surface area contributed by atoms with Crippen molar-refractivity contribution < 1.29 is 0 Å². The molecule has 1 aromatic heterocycles. The Morgan fingerprint density at radius 1 is 1.50 bits per heavy atom. The molecule has 0 radical (unpaired) electrons. The van der Waals surface area contributed by atoms with Crippen molar-refractivity contribution in [3.05, 3.63) is 27.7 Å². The molecule has 0 N–H and O–H groups in total. The van der Waals surface area contributed by atoms with Gasteiger partial charge in [0.1, 0.15) is 0 Å². The minimum atomic E-state index is -0.156. The van der Waals surface area contributed by atoms with E-state index in [1.165, 1.54) is 4.68 Å². The molecule has 0 amide bonds. The van der Waals surface area contributed by atoms with E-state index in [0.29, 0.717) is 12.1 Å². The molecule has 0 aromatic carbocycles. The lowest BCUT2D eigenvalue weighted by atomic mass is 9.91. The molecule has 86 valence electrons. The number of nitriles is 1. The Balaban J connectivity index is 3.42. The molecule has 4 heteroatoms. The van der Waals surface area contributed by atoms with E-state index in [1.54, 1.807) is 6.07 Å². The zero-order valence-corrected chi connectivity index (χ0v) is 10.2. The number of aryl methyl sites for hydroxylation is 1. The normalized spacial score (nSPS) is 11.2. The summed E-state index contributed by atoms with van der Waals surface area (Å²) in [4.78, 5) is 11.8. The molecule has 0 fully saturated rings. The van der Waals surface area contributed by atoms with Crippen molar-refractivity contribution in [3.8, 4) is 6.07 Å². The van der Waals surface area contributed by atoms with Gasteiger partial charge in [-0.25, -0.2) is 4.68 Å². The van der Waals surface area contributed by atoms with Gasteiger partial charge in [-0.2, -0.15) is 10.4 Å². The Kier molecular flexibility index (Phi) is 3.48. The minimum Gasteiger partial charge on any atom is -0.267 e. The third kappa shape index (κ3) is 2.48. The van der Waals surface area contributed by atoms with Gasteiger partial charge in [0.15, 0.2) is 0 Å². The molecular formula is C12H17N3O. The predicted molar refractivity (Wildman–Crippen MR) is 62.2 cm³/mol. The van der Waals surface area contributed by atoms with E-state index < -0.39 is 0 Å². The van der Waals surface area contributed by atoms with Gasteiger partial charge in [-0.05, 0) is 13.0 Å². The monoisotopic (exact) mass is 219 g/mol. The van der Waals surface area contributed by atoms with Gasteiger partial charge < -0.3 is 0 Å². The molecule has 1 rings (SSSR count). The lowest BCUT2D eigenvalue weighted by molar-refractivity contribution is 0.508. The van der Waals surface area contributed by atoms with Crippen LogP contribution in [0.25, 0.3) is 0 Å². The Hall–Kier alpha value is -1.63. The van der Waals surface area contributed by atoms with Crippen LogP contribution in [0, 0.1) is 11.3 Å². The van der Waals surface area contributed by atoms with Gasteiger partial charge >= 0.3 is 0 Å². The molecule has 0 bridgehead atoms. The third-order valence-corrected chi connectivity index (χ3v) is 2.39. The van der Waals surface area contributed by atoms with Gasteiger partial charge in [-0.15, -0.1) is 0 Å². The summed E-state index contributed by atoms with van der Waals surface area (Å²) in [6.45, 7) is 8.51. The first-order valence-corrected chi connectivity index (χ1v) is 5.38. The van der Waals surface area contributed by atoms with Crippen LogP contribution in [0.4, 0.5) is 0 Å². The summed E-state index contributed by atoms with van der Waals surface area (Å²) >= 11 is 0. The predicted octanol–water partition coefficient (Wildman–Crippen LogP) is 1.63. The van der Waals surface area contributed by atoms with E-state index in [-0.39, 0.29) is 17.4 Å². The average Bonchev–Trinajstić information content (AvgIpc) is 2.19. The van der Waals surface area contributed by atoms with Crippen molar-refractivity contribution in [2.45, 2.75) is 46.1 Å². The first-order chi connectivity index (χ1) is 7.40. The quantitative estimate of drug-likeness (QED) is 0.759. The van der Waals surface area contributed by atoms with Gasteiger partial charge in [0.25, 0.3) is 5.56 Å². The van der Waals surface area contributed by atoms with E-state index in [9.17, 15) is 4.79 Å². The SMILES string of the molecule is CCn1nc(C(C)(C)C)cc(CC#N)c1=O. The van der Waals surface area contributed by atoms with Crippen LogP contribution in [0.2, 0.25) is 0 Å². The second-order valence-corrected chi connectivity index (χ2v) is 4.76. The van der Waals surface area contributed by atoms with Crippen LogP contribution in [-0.4, -0.2) is 9.78 Å². The highest BCUT2D eigenvalue weighted by molar-refractivity contribution is 5.21. The third-order valence-electron chi connectivity index (χ3n) is 2.39. The average molecular weight is 219 g/mol. The highest BCUT2D eigenvalue weighted by Crippen LogP contribution is 2.19. The van der Waals surface area contributed by atoms with Crippen LogP contribution in [0.15, 0.2) is 10.9 Å². The molecule has 0 saturated heterocycles. The summed E-state index contributed by atoms with van der Waals surface area (Å²) < 4.78 is 1.42. The van der Waals surface area contributed by atoms with Crippen molar-refractivity contribution in [2.75, 3.05) is 0 Å². The Labute approximate surface area is 95.5 Å². The van der Waals surface area contributed by atoms with Crippen LogP contribution in [0.1, 0.15) is 39.0 Å².